The third-order valence-electron chi connectivity index (χ3n) is 3.26. The molecule has 6 heteroatoms. The number of rotatable bonds is 6. The molecule has 17 heavy (non-hydrogen) atoms. The van der Waals surface area contributed by atoms with Crippen molar-refractivity contribution in [3.63, 3.8) is 0 Å². The van der Waals surface area contributed by atoms with E-state index in [9.17, 15) is 0 Å². The SMILES string of the molecule is CC(CC(N)=NO)N(C)CCN1CCOCC1. The lowest BCUT2D eigenvalue weighted by molar-refractivity contribution is 0.0331. The van der Waals surface area contributed by atoms with Gasteiger partial charge in [-0.25, -0.2) is 0 Å². The molecule has 0 amide bonds. The van der Waals surface area contributed by atoms with E-state index in [2.05, 4.69) is 28.9 Å². The lowest BCUT2D eigenvalue weighted by Gasteiger charge is -2.30. The van der Waals surface area contributed by atoms with Gasteiger partial charge in [0.25, 0.3) is 0 Å². The summed E-state index contributed by atoms with van der Waals surface area (Å²) in [6.45, 7) is 7.81. The lowest BCUT2D eigenvalue weighted by atomic mass is 10.2. The van der Waals surface area contributed by atoms with Crippen LogP contribution in [0.15, 0.2) is 5.16 Å². The van der Waals surface area contributed by atoms with Gasteiger partial charge in [-0.05, 0) is 14.0 Å². The zero-order chi connectivity index (χ0) is 12.7. The number of oxime groups is 1. The summed E-state index contributed by atoms with van der Waals surface area (Å²) >= 11 is 0. The summed E-state index contributed by atoms with van der Waals surface area (Å²) in [6.07, 6.45) is 0.593. The molecule has 1 aliphatic rings. The second-order valence-electron chi connectivity index (χ2n) is 4.58. The van der Waals surface area contributed by atoms with Gasteiger partial charge < -0.3 is 20.6 Å². The van der Waals surface area contributed by atoms with Crippen LogP contribution < -0.4 is 5.73 Å². The van der Waals surface area contributed by atoms with Gasteiger partial charge in [-0.15, -0.1) is 0 Å². The Labute approximate surface area is 103 Å². The van der Waals surface area contributed by atoms with Crippen molar-refractivity contribution in [1.82, 2.24) is 9.80 Å². The Morgan fingerprint density at radius 2 is 2.18 bits per heavy atom. The monoisotopic (exact) mass is 244 g/mol. The van der Waals surface area contributed by atoms with Crippen molar-refractivity contribution in [2.45, 2.75) is 19.4 Å². The molecule has 0 saturated carbocycles. The summed E-state index contributed by atoms with van der Waals surface area (Å²) in [4.78, 5) is 4.63. The van der Waals surface area contributed by atoms with Crippen LogP contribution in [0, 0.1) is 0 Å². The summed E-state index contributed by atoms with van der Waals surface area (Å²) in [5.74, 6) is 0.288. The number of hydrogen-bond acceptors (Lipinski definition) is 5. The first-order valence-electron chi connectivity index (χ1n) is 6.10. The van der Waals surface area contributed by atoms with Gasteiger partial charge >= 0.3 is 0 Å². The van der Waals surface area contributed by atoms with Crippen molar-refractivity contribution >= 4 is 5.84 Å². The Bertz CT molecular complexity index is 242. The summed E-state index contributed by atoms with van der Waals surface area (Å²) in [5.41, 5.74) is 5.50. The molecule has 0 aliphatic carbocycles. The summed E-state index contributed by atoms with van der Waals surface area (Å²) in [6, 6.07) is 0.284. The van der Waals surface area contributed by atoms with Crippen molar-refractivity contribution in [3.8, 4) is 0 Å². The van der Waals surface area contributed by atoms with Crippen LogP contribution in [0.5, 0.6) is 0 Å². The number of nitrogens with zero attached hydrogens (tertiary/aromatic N) is 3. The van der Waals surface area contributed by atoms with Crippen molar-refractivity contribution in [1.29, 1.82) is 0 Å². The molecule has 0 aromatic rings. The lowest BCUT2D eigenvalue weighted by Crippen LogP contribution is -2.43. The van der Waals surface area contributed by atoms with Gasteiger partial charge in [0.05, 0.1) is 13.2 Å². The minimum absolute atomic E-state index is 0.284. The van der Waals surface area contributed by atoms with E-state index in [4.69, 9.17) is 15.7 Å². The number of morpholine rings is 1. The molecule has 0 aromatic heterocycles. The minimum atomic E-state index is 0.284. The van der Waals surface area contributed by atoms with E-state index in [0.717, 1.165) is 39.4 Å². The van der Waals surface area contributed by atoms with Gasteiger partial charge in [-0.3, -0.25) is 4.90 Å². The Morgan fingerprint density at radius 1 is 1.53 bits per heavy atom. The van der Waals surface area contributed by atoms with Crippen LogP contribution >= 0.6 is 0 Å². The second kappa shape index (κ2) is 7.47. The van der Waals surface area contributed by atoms with Crippen LogP contribution in [0.2, 0.25) is 0 Å². The minimum Gasteiger partial charge on any atom is -0.409 e. The van der Waals surface area contributed by atoms with Crippen LogP contribution in [-0.4, -0.2) is 73.3 Å². The van der Waals surface area contributed by atoms with Crippen LogP contribution in [0.1, 0.15) is 13.3 Å². The molecule has 0 spiro atoms. The maximum atomic E-state index is 8.52. The average molecular weight is 244 g/mol. The van der Waals surface area contributed by atoms with Crippen molar-refractivity contribution < 1.29 is 9.94 Å². The van der Waals surface area contributed by atoms with Gasteiger partial charge in [0, 0.05) is 38.6 Å². The molecule has 0 aromatic carbocycles. The van der Waals surface area contributed by atoms with Crippen molar-refractivity contribution in [3.05, 3.63) is 0 Å². The molecule has 1 fully saturated rings. The Hall–Kier alpha value is -0.850. The molecule has 6 nitrogen and oxygen atoms in total. The molecule has 1 saturated heterocycles. The highest BCUT2D eigenvalue weighted by Gasteiger charge is 2.14. The zero-order valence-corrected chi connectivity index (χ0v) is 10.8. The molecule has 1 heterocycles. The number of amidine groups is 1. The maximum absolute atomic E-state index is 8.52. The molecule has 0 bridgehead atoms. The fourth-order valence-electron chi connectivity index (χ4n) is 1.84. The number of hydrogen-bond donors (Lipinski definition) is 2. The maximum Gasteiger partial charge on any atom is 0.140 e. The summed E-state index contributed by atoms with van der Waals surface area (Å²) < 4.78 is 5.31. The summed E-state index contributed by atoms with van der Waals surface area (Å²) in [7, 11) is 2.07. The highest BCUT2D eigenvalue weighted by molar-refractivity contribution is 5.80. The molecule has 1 atom stereocenters. The number of likely N-dealkylation sites (N-methyl/N-ethyl adjacent to an activating group) is 1. The summed E-state index contributed by atoms with van der Waals surface area (Å²) in [5, 5.41) is 11.5. The van der Waals surface area contributed by atoms with Crippen LogP contribution in [-0.2, 0) is 4.74 Å². The van der Waals surface area contributed by atoms with Crippen molar-refractivity contribution in [2.75, 3.05) is 46.4 Å². The fourth-order valence-corrected chi connectivity index (χ4v) is 1.84. The van der Waals surface area contributed by atoms with Gasteiger partial charge in [0.2, 0.25) is 0 Å². The second-order valence-corrected chi connectivity index (χ2v) is 4.58. The largest absolute Gasteiger partial charge is 0.409 e. The van der Waals surface area contributed by atoms with Gasteiger partial charge in [0.15, 0.2) is 0 Å². The van der Waals surface area contributed by atoms with Gasteiger partial charge in [-0.1, -0.05) is 5.16 Å². The van der Waals surface area contributed by atoms with Crippen LogP contribution in [0.3, 0.4) is 0 Å². The van der Waals surface area contributed by atoms with Gasteiger partial charge in [0.1, 0.15) is 5.84 Å². The van der Waals surface area contributed by atoms with E-state index in [1.807, 2.05) is 0 Å². The first-order chi connectivity index (χ1) is 8.13. The molecular weight excluding hydrogens is 220 g/mol. The van der Waals surface area contributed by atoms with Crippen molar-refractivity contribution in [2.24, 2.45) is 10.9 Å². The van der Waals surface area contributed by atoms with E-state index in [1.165, 1.54) is 0 Å². The zero-order valence-electron chi connectivity index (χ0n) is 10.8. The molecule has 1 unspecified atom stereocenters. The molecular formula is C11H24N4O2. The number of ether oxygens (including phenoxy) is 1. The smallest absolute Gasteiger partial charge is 0.140 e. The molecule has 3 N–H and O–H groups in total. The topological polar surface area (TPSA) is 74.3 Å². The van der Waals surface area contributed by atoms with Gasteiger partial charge in [-0.2, -0.15) is 0 Å². The average Bonchev–Trinajstić information content (AvgIpc) is 2.36. The van der Waals surface area contributed by atoms with E-state index >= 15 is 0 Å². The highest BCUT2D eigenvalue weighted by atomic mass is 16.5. The predicted octanol–water partition coefficient (Wildman–Crippen LogP) is -0.225. The fraction of sp³-hybridized carbons (Fsp3) is 0.909. The Balaban J connectivity index is 2.20. The van der Waals surface area contributed by atoms with E-state index < -0.39 is 0 Å². The molecule has 1 aliphatic heterocycles. The van der Waals surface area contributed by atoms with E-state index in [1.54, 1.807) is 0 Å². The third kappa shape index (κ3) is 5.34. The standard InChI is InChI=1S/C11H24N4O2/c1-10(9-11(12)13-16)14(2)3-4-15-5-7-17-8-6-15/h10,16H,3-9H2,1-2H3,(H2,12,13). The number of nitrogens with two attached hydrogens (primary N) is 1. The normalized spacial score (nSPS) is 20.8. The van der Waals surface area contributed by atoms with E-state index in [0.29, 0.717) is 6.42 Å². The third-order valence-corrected chi connectivity index (χ3v) is 3.26. The highest BCUT2D eigenvalue weighted by Crippen LogP contribution is 2.02. The first kappa shape index (κ1) is 14.2. The van der Waals surface area contributed by atoms with E-state index in [-0.39, 0.29) is 11.9 Å². The molecule has 0 radical (unpaired) electrons. The molecule has 1 rings (SSSR count). The Kier molecular flexibility index (Phi) is 6.25. The van der Waals surface area contributed by atoms with Crippen LogP contribution in [0.25, 0.3) is 0 Å². The van der Waals surface area contributed by atoms with Crippen LogP contribution in [0.4, 0.5) is 0 Å². The Morgan fingerprint density at radius 3 is 2.76 bits per heavy atom. The predicted molar refractivity (Wildman–Crippen MR) is 67.4 cm³/mol. The first-order valence-corrected chi connectivity index (χ1v) is 6.10. The molecule has 100 valence electrons. The quantitative estimate of drug-likeness (QED) is 0.292.